The Kier molecular flexibility index (Phi) is 3.69. The maximum absolute atomic E-state index is 11.4. The van der Waals surface area contributed by atoms with E-state index in [-0.39, 0.29) is 17.9 Å². The van der Waals surface area contributed by atoms with Gasteiger partial charge in [0.05, 0.1) is 6.10 Å². The molecule has 2 atom stereocenters. The number of aliphatic hydroxyl groups is 1. The summed E-state index contributed by atoms with van der Waals surface area (Å²) >= 11 is 0. The van der Waals surface area contributed by atoms with Crippen LogP contribution in [0.1, 0.15) is 19.8 Å². The van der Waals surface area contributed by atoms with Crippen molar-refractivity contribution in [1.82, 2.24) is 4.90 Å². The van der Waals surface area contributed by atoms with Gasteiger partial charge in [-0.05, 0) is 12.3 Å². The van der Waals surface area contributed by atoms with Crippen LogP contribution in [0.3, 0.4) is 0 Å². The lowest BCUT2D eigenvalue weighted by Crippen LogP contribution is -2.45. The zero-order valence-corrected chi connectivity index (χ0v) is 8.07. The van der Waals surface area contributed by atoms with Crippen molar-refractivity contribution in [2.75, 3.05) is 19.6 Å². The summed E-state index contributed by atoms with van der Waals surface area (Å²) in [6, 6.07) is 0. The molecule has 3 N–H and O–H groups in total. The Morgan fingerprint density at radius 1 is 1.69 bits per heavy atom. The predicted octanol–water partition coefficient (Wildman–Crippen LogP) is -0.435. The second-order valence-corrected chi connectivity index (χ2v) is 3.71. The van der Waals surface area contributed by atoms with Crippen LogP contribution in [0.15, 0.2) is 0 Å². The molecule has 4 nitrogen and oxygen atoms in total. The molecule has 4 heteroatoms. The zero-order valence-electron chi connectivity index (χ0n) is 8.07. The molecule has 0 aromatic heterocycles. The lowest BCUT2D eigenvalue weighted by Gasteiger charge is -2.34. The smallest absolute Gasteiger partial charge is 0.223 e. The molecule has 0 unspecified atom stereocenters. The minimum absolute atomic E-state index is 0.112. The number of aliphatic hydroxyl groups excluding tert-OH is 1. The van der Waals surface area contributed by atoms with E-state index in [0.29, 0.717) is 32.5 Å². The van der Waals surface area contributed by atoms with Crippen molar-refractivity contribution in [3.63, 3.8) is 0 Å². The Hall–Kier alpha value is -0.610. The first-order valence-corrected chi connectivity index (χ1v) is 4.81. The SMILES string of the molecule is C[C@H]1CN(C(=O)CCN)CC[C@H]1O. The largest absolute Gasteiger partial charge is 0.393 e. The summed E-state index contributed by atoms with van der Waals surface area (Å²) < 4.78 is 0. The zero-order chi connectivity index (χ0) is 9.84. The van der Waals surface area contributed by atoms with E-state index in [0.717, 1.165) is 0 Å². The molecule has 0 aromatic rings. The van der Waals surface area contributed by atoms with Crippen molar-refractivity contribution in [1.29, 1.82) is 0 Å². The fourth-order valence-corrected chi connectivity index (χ4v) is 1.64. The lowest BCUT2D eigenvalue weighted by molar-refractivity contribution is -0.134. The van der Waals surface area contributed by atoms with Crippen LogP contribution >= 0.6 is 0 Å². The van der Waals surface area contributed by atoms with Crippen LogP contribution in [0.5, 0.6) is 0 Å². The molecule has 1 rings (SSSR count). The van der Waals surface area contributed by atoms with Crippen LogP contribution in [-0.2, 0) is 4.79 Å². The molecule has 0 saturated carbocycles. The minimum atomic E-state index is -0.248. The first-order chi connectivity index (χ1) is 6.15. The molecule has 0 aromatic carbocycles. The molecule has 1 amide bonds. The summed E-state index contributed by atoms with van der Waals surface area (Å²) in [5, 5.41) is 9.44. The van der Waals surface area contributed by atoms with Crippen molar-refractivity contribution < 1.29 is 9.90 Å². The summed E-state index contributed by atoms with van der Waals surface area (Å²) in [4.78, 5) is 13.2. The first kappa shape index (κ1) is 10.5. The Balaban J connectivity index is 2.40. The Morgan fingerprint density at radius 3 is 2.92 bits per heavy atom. The first-order valence-electron chi connectivity index (χ1n) is 4.81. The van der Waals surface area contributed by atoms with Crippen LogP contribution in [0.4, 0.5) is 0 Å². The number of carbonyl (C=O) groups excluding carboxylic acids is 1. The topological polar surface area (TPSA) is 66.6 Å². The van der Waals surface area contributed by atoms with E-state index in [9.17, 15) is 9.90 Å². The summed E-state index contributed by atoms with van der Waals surface area (Å²) in [6.45, 7) is 3.71. The van der Waals surface area contributed by atoms with E-state index in [2.05, 4.69) is 0 Å². The second kappa shape index (κ2) is 4.58. The van der Waals surface area contributed by atoms with Crippen molar-refractivity contribution in [3.05, 3.63) is 0 Å². The number of amides is 1. The Labute approximate surface area is 78.7 Å². The van der Waals surface area contributed by atoms with E-state index in [1.807, 2.05) is 6.92 Å². The second-order valence-electron chi connectivity index (χ2n) is 3.71. The van der Waals surface area contributed by atoms with E-state index in [4.69, 9.17) is 5.73 Å². The maximum Gasteiger partial charge on any atom is 0.223 e. The molecule has 0 bridgehead atoms. The number of nitrogens with zero attached hydrogens (tertiary/aromatic N) is 1. The number of nitrogens with two attached hydrogens (primary N) is 1. The van der Waals surface area contributed by atoms with Gasteiger partial charge in [0.2, 0.25) is 5.91 Å². The van der Waals surface area contributed by atoms with Gasteiger partial charge in [-0.1, -0.05) is 6.92 Å². The van der Waals surface area contributed by atoms with Gasteiger partial charge in [0.15, 0.2) is 0 Å². The fraction of sp³-hybridized carbons (Fsp3) is 0.889. The molecule has 1 aliphatic rings. The number of carbonyl (C=O) groups is 1. The van der Waals surface area contributed by atoms with Gasteiger partial charge in [-0.2, -0.15) is 0 Å². The van der Waals surface area contributed by atoms with Crippen molar-refractivity contribution >= 4 is 5.91 Å². The number of hydrogen-bond acceptors (Lipinski definition) is 3. The van der Waals surface area contributed by atoms with E-state index in [1.54, 1.807) is 4.90 Å². The molecule has 0 spiro atoms. The molecule has 0 aliphatic carbocycles. The van der Waals surface area contributed by atoms with Gasteiger partial charge >= 0.3 is 0 Å². The molecule has 13 heavy (non-hydrogen) atoms. The lowest BCUT2D eigenvalue weighted by atomic mass is 9.96. The Morgan fingerprint density at radius 2 is 2.38 bits per heavy atom. The van der Waals surface area contributed by atoms with E-state index < -0.39 is 0 Å². The molecular formula is C9H18N2O2. The monoisotopic (exact) mass is 186 g/mol. The molecule has 1 heterocycles. The van der Waals surface area contributed by atoms with Gasteiger partial charge in [-0.25, -0.2) is 0 Å². The number of piperidine rings is 1. The van der Waals surface area contributed by atoms with Gasteiger partial charge in [0, 0.05) is 26.1 Å². The van der Waals surface area contributed by atoms with Crippen LogP contribution < -0.4 is 5.73 Å². The molecular weight excluding hydrogens is 168 g/mol. The summed E-state index contributed by atoms with van der Waals surface area (Å²) in [5.74, 6) is 0.303. The highest BCUT2D eigenvalue weighted by molar-refractivity contribution is 5.76. The maximum atomic E-state index is 11.4. The third kappa shape index (κ3) is 2.67. The average Bonchev–Trinajstić information content (AvgIpc) is 2.10. The normalized spacial score (nSPS) is 29.0. The number of hydrogen-bond donors (Lipinski definition) is 2. The highest BCUT2D eigenvalue weighted by Gasteiger charge is 2.26. The molecule has 0 radical (unpaired) electrons. The standard InChI is InChI=1S/C9H18N2O2/c1-7-6-11(5-3-8(7)12)9(13)2-4-10/h7-8,12H,2-6,10H2,1H3/t7-,8+/m0/s1. The molecule has 1 saturated heterocycles. The van der Waals surface area contributed by atoms with Crippen LogP contribution in [0.25, 0.3) is 0 Å². The van der Waals surface area contributed by atoms with E-state index >= 15 is 0 Å². The van der Waals surface area contributed by atoms with Gasteiger partial charge < -0.3 is 15.7 Å². The molecule has 76 valence electrons. The summed E-state index contributed by atoms with van der Waals surface area (Å²) in [6.07, 6.45) is 0.863. The number of rotatable bonds is 2. The average molecular weight is 186 g/mol. The fourth-order valence-electron chi connectivity index (χ4n) is 1.64. The van der Waals surface area contributed by atoms with Crippen molar-refractivity contribution in [2.45, 2.75) is 25.9 Å². The minimum Gasteiger partial charge on any atom is -0.393 e. The van der Waals surface area contributed by atoms with Crippen molar-refractivity contribution in [2.24, 2.45) is 11.7 Å². The van der Waals surface area contributed by atoms with Crippen LogP contribution in [-0.4, -0.2) is 41.7 Å². The van der Waals surface area contributed by atoms with Crippen molar-refractivity contribution in [3.8, 4) is 0 Å². The van der Waals surface area contributed by atoms with Gasteiger partial charge in [0.25, 0.3) is 0 Å². The summed E-state index contributed by atoms with van der Waals surface area (Å²) in [5.41, 5.74) is 5.30. The summed E-state index contributed by atoms with van der Waals surface area (Å²) in [7, 11) is 0. The Bertz CT molecular complexity index is 184. The van der Waals surface area contributed by atoms with Crippen LogP contribution in [0.2, 0.25) is 0 Å². The third-order valence-corrected chi connectivity index (χ3v) is 2.57. The third-order valence-electron chi connectivity index (χ3n) is 2.57. The molecule has 1 aliphatic heterocycles. The quantitative estimate of drug-likeness (QED) is 0.614. The van der Waals surface area contributed by atoms with E-state index in [1.165, 1.54) is 0 Å². The van der Waals surface area contributed by atoms with Crippen LogP contribution in [0, 0.1) is 5.92 Å². The molecule has 1 fully saturated rings. The highest BCUT2D eigenvalue weighted by Crippen LogP contribution is 2.16. The predicted molar refractivity (Wildman–Crippen MR) is 50.0 cm³/mol. The van der Waals surface area contributed by atoms with Gasteiger partial charge in [-0.3, -0.25) is 4.79 Å². The van der Waals surface area contributed by atoms with Gasteiger partial charge in [-0.15, -0.1) is 0 Å². The number of likely N-dealkylation sites (tertiary alicyclic amines) is 1. The van der Waals surface area contributed by atoms with Gasteiger partial charge in [0.1, 0.15) is 0 Å². The highest BCUT2D eigenvalue weighted by atomic mass is 16.3.